The molecule has 7 heteroatoms. The maximum absolute atomic E-state index is 9.69. The number of benzene rings is 2. The summed E-state index contributed by atoms with van der Waals surface area (Å²) in [5.41, 5.74) is 1.14. The van der Waals surface area contributed by atoms with E-state index in [1.807, 2.05) is 12.1 Å². The molecule has 0 unspecified atom stereocenters. The molecule has 1 aliphatic heterocycles. The van der Waals surface area contributed by atoms with Gasteiger partial charge in [-0.3, -0.25) is 0 Å². The Morgan fingerprint density at radius 2 is 1.75 bits per heavy atom. The summed E-state index contributed by atoms with van der Waals surface area (Å²) in [4.78, 5) is 0. The standard InChI is InChI=1S/C21H26N2O5/c1-21(14-27-15-21)13-26-10-2-3-11-28-18-7-4-16(5-8-18)22-23-19-9-6-17(24)12-20(19)25/h4-9,12,24-25H,2-3,10-11,13-15H2,1H3. The second kappa shape index (κ2) is 9.52. The average Bonchev–Trinajstić information content (AvgIpc) is 2.66. The molecule has 7 nitrogen and oxygen atoms in total. The number of phenolic OH excluding ortho intramolecular Hbond substituents is 2. The molecule has 3 rings (SSSR count). The fraction of sp³-hybridized carbons (Fsp3) is 0.429. The van der Waals surface area contributed by atoms with Crippen LogP contribution in [0.15, 0.2) is 52.7 Å². The number of hydrogen-bond acceptors (Lipinski definition) is 7. The molecule has 0 aliphatic carbocycles. The summed E-state index contributed by atoms with van der Waals surface area (Å²) < 4.78 is 16.6. The predicted octanol–water partition coefficient (Wildman–Crippen LogP) is 4.73. The Morgan fingerprint density at radius 3 is 2.43 bits per heavy atom. The van der Waals surface area contributed by atoms with Crippen LogP contribution >= 0.6 is 0 Å². The minimum absolute atomic E-state index is 0.0215. The summed E-state index contributed by atoms with van der Waals surface area (Å²) >= 11 is 0. The molecule has 1 fully saturated rings. The number of unbranched alkanes of at least 4 members (excludes halogenated alkanes) is 1. The second-order valence-electron chi connectivity index (χ2n) is 7.28. The van der Waals surface area contributed by atoms with Gasteiger partial charge in [0.05, 0.1) is 32.1 Å². The van der Waals surface area contributed by atoms with Crippen molar-refractivity contribution in [2.24, 2.45) is 15.6 Å². The molecule has 0 spiro atoms. The van der Waals surface area contributed by atoms with Crippen LogP contribution in [0.4, 0.5) is 11.4 Å². The Bertz CT molecular complexity index is 788. The summed E-state index contributed by atoms with van der Waals surface area (Å²) in [6, 6.07) is 11.4. The van der Waals surface area contributed by atoms with Crippen LogP contribution in [-0.2, 0) is 9.47 Å². The molecule has 1 heterocycles. The number of aromatic hydroxyl groups is 2. The van der Waals surface area contributed by atoms with Gasteiger partial charge in [-0.1, -0.05) is 6.92 Å². The monoisotopic (exact) mass is 386 g/mol. The zero-order valence-electron chi connectivity index (χ0n) is 16.0. The lowest BCUT2D eigenvalue weighted by Crippen LogP contribution is -2.43. The van der Waals surface area contributed by atoms with E-state index in [4.69, 9.17) is 14.2 Å². The van der Waals surface area contributed by atoms with Crippen LogP contribution in [0.5, 0.6) is 17.2 Å². The SMILES string of the molecule is CC1(COCCCCOc2ccc(N=Nc3ccc(O)cc3O)cc2)COC1. The van der Waals surface area contributed by atoms with E-state index < -0.39 is 0 Å². The molecule has 1 aliphatic rings. The minimum atomic E-state index is -0.122. The van der Waals surface area contributed by atoms with Crippen molar-refractivity contribution in [3.8, 4) is 17.2 Å². The summed E-state index contributed by atoms with van der Waals surface area (Å²) in [7, 11) is 0. The lowest BCUT2D eigenvalue weighted by Gasteiger charge is -2.37. The third-order valence-electron chi connectivity index (χ3n) is 4.37. The van der Waals surface area contributed by atoms with E-state index in [9.17, 15) is 10.2 Å². The Labute approximate surface area is 164 Å². The van der Waals surface area contributed by atoms with Crippen LogP contribution in [0.25, 0.3) is 0 Å². The first-order chi connectivity index (χ1) is 13.5. The van der Waals surface area contributed by atoms with E-state index in [1.54, 1.807) is 12.1 Å². The van der Waals surface area contributed by atoms with Gasteiger partial charge in [-0.15, -0.1) is 5.11 Å². The molecule has 0 bridgehead atoms. The molecule has 2 aromatic carbocycles. The number of azo groups is 1. The maximum atomic E-state index is 9.69. The van der Waals surface area contributed by atoms with Crippen molar-refractivity contribution in [3.63, 3.8) is 0 Å². The summed E-state index contributed by atoms with van der Waals surface area (Å²) in [5.74, 6) is 0.626. The van der Waals surface area contributed by atoms with Crippen molar-refractivity contribution < 1.29 is 24.4 Å². The molecule has 1 saturated heterocycles. The fourth-order valence-corrected chi connectivity index (χ4v) is 2.67. The van der Waals surface area contributed by atoms with Gasteiger partial charge >= 0.3 is 0 Å². The van der Waals surface area contributed by atoms with Crippen LogP contribution in [-0.4, -0.2) is 43.2 Å². The Kier molecular flexibility index (Phi) is 6.84. The molecular formula is C21H26N2O5. The predicted molar refractivity (Wildman–Crippen MR) is 105 cm³/mol. The lowest BCUT2D eigenvalue weighted by molar-refractivity contribution is -0.138. The van der Waals surface area contributed by atoms with Gasteiger partial charge in [-0.05, 0) is 49.2 Å². The van der Waals surface area contributed by atoms with E-state index in [2.05, 4.69) is 17.2 Å². The van der Waals surface area contributed by atoms with Crippen LogP contribution in [0.3, 0.4) is 0 Å². The van der Waals surface area contributed by atoms with Gasteiger partial charge in [0.15, 0.2) is 0 Å². The molecule has 0 saturated carbocycles. The first kappa shape index (κ1) is 20.1. The number of nitrogens with zero attached hydrogens (tertiary/aromatic N) is 2. The van der Waals surface area contributed by atoms with Gasteiger partial charge in [0.25, 0.3) is 0 Å². The Morgan fingerprint density at radius 1 is 1.00 bits per heavy atom. The molecule has 0 atom stereocenters. The van der Waals surface area contributed by atoms with Crippen molar-refractivity contribution in [1.29, 1.82) is 0 Å². The van der Waals surface area contributed by atoms with Crippen molar-refractivity contribution in [2.75, 3.05) is 33.0 Å². The zero-order chi connectivity index (χ0) is 19.8. The minimum Gasteiger partial charge on any atom is -0.508 e. The van der Waals surface area contributed by atoms with Crippen LogP contribution in [0.1, 0.15) is 19.8 Å². The maximum Gasteiger partial charge on any atom is 0.146 e. The van der Waals surface area contributed by atoms with Gasteiger partial charge in [0.2, 0.25) is 0 Å². The summed E-state index contributed by atoms with van der Waals surface area (Å²) in [6.45, 7) is 5.89. The van der Waals surface area contributed by atoms with E-state index in [1.165, 1.54) is 18.2 Å². The normalized spacial score (nSPS) is 15.5. The van der Waals surface area contributed by atoms with E-state index in [0.717, 1.165) is 45.0 Å². The molecule has 0 radical (unpaired) electrons. The van der Waals surface area contributed by atoms with Gasteiger partial charge in [0.1, 0.15) is 22.9 Å². The van der Waals surface area contributed by atoms with E-state index in [-0.39, 0.29) is 16.9 Å². The van der Waals surface area contributed by atoms with Crippen molar-refractivity contribution >= 4 is 11.4 Å². The Hall–Kier alpha value is -2.64. The third kappa shape index (κ3) is 5.94. The first-order valence-corrected chi connectivity index (χ1v) is 9.36. The summed E-state index contributed by atoms with van der Waals surface area (Å²) in [6.07, 6.45) is 1.88. The van der Waals surface area contributed by atoms with Gasteiger partial charge in [0, 0.05) is 18.1 Å². The number of ether oxygens (including phenoxy) is 3. The molecule has 0 amide bonds. The summed E-state index contributed by atoms with van der Waals surface area (Å²) in [5, 5.41) is 27.0. The Balaban J connectivity index is 1.34. The number of phenols is 2. The van der Waals surface area contributed by atoms with Crippen LogP contribution in [0.2, 0.25) is 0 Å². The highest BCUT2D eigenvalue weighted by Gasteiger charge is 2.33. The third-order valence-corrected chi connectivity index (χ3v) is 4.37. The average molecular weight is 386 g/mol. The lowest BCUT2D eigenvalue weighted by atomic mass is 9.90. The fourth-order valence-electron chi connectivity index (χ4n) is 2.67. The molecular weight excluding hydrogens is 360 g/mol. The van der Waals surface area contributed by atoms with E-state index in [0.29, 0.717) is 18.0 Å². The van der Waals surface area contributed by atoms with Crippen LogP contribution < -0.4 is 4.74 Å². The van der Waals surface area contributed by atoms with Gasteiger partial charge in [-0.2, -0.15) is 5.11 Å². The van der Waals surface area contributed by atoms with Crippen LogP contribution in [0, 0.1) is 5.41 Å². The first-order valence-electron chi connectivity index (χ1n) is 9.36. The highest BCUT2D eigenvalue weighted by Crippen LogP contribution is 2.31. The quantitative estimate of drug-likeness (QED) is 0.455. The highest BCUT2D eigenvalue weighted by atomic mass is 16.5. The highest BCUT2D eigenvalue weighted by molar-refractivity contribution is 5.54. The largest absolute Gasteiger partial charge is 0.508 e. The molecule has 28 heavy (non-hydrogen) atoms. The molecule has 0 aromatic heterocycles. The molecule has 2 aromatic rings. The topological polar surface area (TPSA) is 92.9 Å². The zero-order valence-corrected chi connectivity index (χ0v) is 16.0. The van der Waals surface area contributed by atoms with Gasteiger partial charge in [-0.25, -0.2) is 0 Å². The van der Waals surface area contributed by atoms with Crippen molar-refractivity contribution in [1.82, 2.24) is 0 Å². The molecule has 2 N–H and O–H groups in total. The molecule has 150 valence electrons. The van der Waals surface area contributed by atoms with E-state index >= 15 is 0 Å². The number of hydrogen-bond donors (Lipinski definition) is 2. The van der Waals surface area contributed by atoms with Gasteiger partial charge < -0.3 is 24.4 Å². The second-order valence-corrected chi connectivity index (χ2v) is 7.28. The van der Waals surface area contributed by atoms with Crippen molar-refractivity contribution in [3.05, 3.63) is 42.5 Å². The van der Waals surface area contributed by atoms with Crippen molar-refractivity contribution in [2.45, 2.75) is 19.8 Å². The smallest absolute Gasteiger partial charge is 0.146 e. The number of rotatable bonds is 10.